The van der Waals surface area contributed by atoms with Gasteiger partial charge >= 0.3 is 0 Å². The SMILES string of the molecule is CC(C)N(Cc1ccc(N)cc1)C(=O)C(C)(C)S(C)(=O)=O. The lowest BCUT2D eigenvalue weighted by molar-refractivity contribution is -0.135. The second-order valence-electron chi connectivity index (χ2n) is 6.05. The lowest BCUT2D eigenvalue weighted by Crippen LogP contribution is -2.51. The number of nitrogen functional groups attached to an aromatic ring is 1. The lowest BCUT2D eigenvalue weighted by Gasteiger charge is -2.33. The molecule has 2 N–H and O–H groups in total. The number of benzene rings is 1. The summed E-state index contributed by atoms with van der Waals surface area (Å²) in [4.78, 5) is 14.2. The third-order valence-electron chi connectivity index (χ3n) is 3.66. The van der Waals surface area contributed by atoms with Crippen molar-refractivity contribution < 1.29 is 13.2 Å². The van der Waals surface area contributed by atoms with Crippen molar-refractivity contribution in [3.05, 3.63) is 29.8 Å². The molecule has 1 rings (SSSR count). The Morgan fingerprint density at radius 2 is 1.71 bits per heavy atom. The molecule has 1 aromatic rings. The summed E-state index contributed by atoms with van der Waals surface area (Å²) in [6.07, 6.45) is 1.09. The Morgan fingerprint density at radius 3 is 2.10 bits per heavy atom. The predicted octanol–water partition coefficient (Wildman–Crippen LogP) is 1.83. The highest BCUT2D eigenvalue weighted by atomic mass is 32.2. The van der Waals surface area contributed by atoms with E-state index in [2.05, 4.69) is 0 Å². The van der Waals surface area contributed by atoms with Crippen molar-refractivity contribution in [3.8, 4) is 0 Å². The summed E-state index contributed by atoms with van der Waals surface area (Å²) >= 11 is 0. The fraction of sp³-hybridized carbons (Fsp3) is 0.533. The monoisotopic (exact) mass is 312 g/mol. The van der Waals surface area contributed by atoms with E-state index < -0.39 is 20.5 Å². The van der Waals surface area contributed by atoms with Gasteiger partial charge in [0.25, 0.3) is 0 Å². The van der Waals surface area contributed by atoms with E-state index in [0.717, 1.165) is 11.8 Å². The van der Waals surface area contributed by atoms with E-state index in [4.69, 9.17) is 5.73 Å². The number of anilines is 1. The molecule has 0 aromatic heterocycles. The first-order chi connectivity index (χ1) is 9.46. The molecule has 0 spiro atoms. The fourth-order valence-corrected chi connectivity index (χ4v) is 2.25. The van der Waals surface area contributed by atoms with Gasteiger partial charge in [-0.1, -0.05) is 12.1 Å². The number of sulfone groups is 1. The highest BCUT2D eigenvalue weighted by Gasteiger charge is 2.41. The van der Waals surface area contributed by atoms with Crippen LogP contribution in [0.25, 0.3) is 0 Å². The van der Waals surface area contributed by atoms with Crippen molar-refractivity contribution in [2.75, 3.05) is 12.0 Å². The van der Waals surface area contributed by atoms with E-state index >= 15 is 0 Å². The molecule has 0 bridgehead atoms. The summed E-state index contributed by atoms with van der Waals surface area (Å²) in [6, 6.07) is 7.10. The lowest BCUT2D eigenvalue weighted by atomic mass is 10.1. The Balaban J connectivity index is 3.08. The summed E-state index contributed by atoms with van der Waals surface area (Å²) in [6.45, 7) is 6.99. The van der Waals surface area contributed by atoms with Crippen LogP contribution in [0.4, 0.5) is 5.69 Å². The molecule has 0 saturated carbocycles. The van der Waals surface area contributed by atoms with E-state index in [9.17, 15) is 13.2 Å². The molecule has 5 nitrogen and oxygen atoms in total. The molecule has 0 atom stereocenters. The molecule has 0 saturated heterocycles. The molecule has 0 aliphatic carbocycles. The zero-order valence-corrected chi connectivity index (χ0v) is 14.1. The molecule has 0 aliphatic heterocycles. The number of hydrogen-bond donors (Lipinski definition) is 1. The molecule has 6 heteroatoms. The maximum Gasteiger partial charge on any atom is 0.243 e. The Hall–Kier alpha value is -1.56. The van der Waals surface area contributed by atoms with Gasteiger partial charge < -0.3 is 10.6 Å². The average molecular weight is 312 g/mol. The van der Waals surface area contributed by atoms with Crippen molar-refractivity contribution in [1.82, 2.24) is 4.90 Å². The first-order valence-electron chi connectivity index (χ1n) is 6.82. The molecule has 0 aliphatic rings. The topological polar surface area (TPSA) is 80.5 Å². The Morgan fingerprint density at radius 1 is 1.24 bits per heavy atom. The third-order valence-corrected chi connectivity index (χ3v) is 5.69. The van der Waals surface area contributed by atoms with Crippen molar-refractivity contribution in [3.63, 3.8) is 0 Å². The van der Waals surface area contributed by atoms with Crippen molar-refractivity contribution in [2.45, 2.75) is 45.0 Å². The van der Waals surface area contributed by atoms with Gasteiger partial charge in [-0.2, -0.15) is 0 Å². The van der Waals surface area contributed by atoms with Crippen LogP contribution in [-0.2, 0) is 21.2 Å². The zero-order chi connectivity index (χ0) is 16.4. The number of carbonyl (C=O) groups is 1. The van der Waals surface area contributed by atoms with Gasteiger partial charge in [0.1, 0.15) is 4.75 Å². The van der Waals surface area contributed by atoms with E-state index in [1.807, 2.05) is 26.0 Å². The van der Waals surface area contributed by atoms with Crippen LogP contribution in [0.5, 0.6) is 0 Å². The molecule has 1 amide bonds. The highest BCUT2D eigenvalue weighted by molar-refractivity contribution is 7.92. The summed E-state index contributed by atoms with van der Waals surface area (Å²) in [5, 5.41) is 0. The average Bonchev–Trinajstić information content (AvgIpc) is 2.35. The maximum atomic E-state index is 12.6. The third kappa shape index (κ3) is 3.97. The molecule has 118 valence electrons. The quantitative estimate of drug-likeness (QED) is 0.841. The molecular weight excluding hydrogens is 288 g/mol. The number of rotatable bonds is 5. The molecule has 0 fully saturated rings. The van der Waals surface area contributed by atoms with Gasteiger partial charge in [-0.3, -0.25) is 4.79 Å². The summed E-state index contributed by atoms with van der Waals surface area (Å²) < 4.78 is 22.3. The second kappa shape index (κ2) is 6.05. The van der Waals surface area contributed by atoms with Crippen LogP contribution >= 0.6 is 0 Å². The summed E-state index contributed by atoms with van der Waals surface area (Å²) in [5.74, 6) is -0.392. The second-order valence-corrected chi connectivity index (χ2v) is 8.62. The van der Waals surface area contributed by atoms with Gasteiger partial charge in [-0.05, 0) is 45.4 Å². The largest absolute Gasteiger partial charge is 0.399 e. The molecule has 0 unspecified atom stereocenters. The molecular formula is C15H24N2O3S. The van der Waals surface area contributed by atoms with Gasteiger partial charge in [0, 0.05) is 24.5 Å². The van der Waals surface area contributed by atoms with E-state index in [0.29, 0.717) is 12.2 Å². The van der Waals surface area contributed by atoms with Gasteiger partial charge in [0.05, 0.1) is 0 Å². The van der Waals surface area contributed by atoms with Crippen molar-refractivity contribution in [2.24, 2.45) is 0 Å². The van der Waals surface area contributed by atoms with E-state index in [-0.39, 0.29) is 6.04 Å². The minimum atomic E-state index is -3.49. The van der Waals surface area contributed by atoms with Crippen LogP contribution in [0.3, 0.4) is 0 Å². The number of carbonyl (C=O) groups excluding carboxylic acids is 1. The highest BCUT2D eigenvalue weighted by Crippen LogP contribution is 2.22. The first-order valence-corrected chi connectivity index (χ1v) is 8.71. The number of hydrogen-bond acceptors (Lipinski definition) is 4. The van der Waals surface area contributed by atoms with Gasteiger partial charge in [-0.25, -0.2) is 8.42 Å². The van der Waals surface area contributed by atoms with Crippen LogP contribution < -0.4 is 5.73 Å². The van der Waals surface area contributed by atoms with Gasteiger partial charge in [0.15, 0.2) is 9.84 Å². The van der Waals surface area contributed by atoms with Gasteiger partial charge in [0.2, 0.25) is 5.91 Å². The van der Waals surface area contributed by atoms with Crippen LogP contribution in [0, 0.1) is 0 Å². The predicted molar refractivity (Wildman–Crippen MR) is 85.5 cm³/mol. The molecule has 0 heterocycles. The number of nitrogens with two attached hydrogens (primary N) is 1. The van der Waals surface area contributed by atoms with Crippen LogP contribution in [-0.4, -0.2) is 36.3 Å². The zero-order valence-electron chi connectivity index (χ0n) is 13.3. The molecule has 1 aromatic carbocycles. The Bertz CT molecular complexity index is 604. The first kappa shape index (κ1) is 17.5. The Labute approximate surface area is 127 Å². The number of amides is 1. The van der Waals surface area contributed by atoms with Crippen molar-refractivity contribution >= 4 is 21.4 Å². The van der Waals surface area contributed by atoms with Gasteiger partial charge in [-0.15, -0.1) is 0 Å². The standard InChI is InChI=1S/C15H24N2O3S/c1-11(2)17(10-12-6-8-13(16)9-7-12)14(18)15(3,4)21(5,19)20/h6-9,11H,10,16H2,1-5H3. The Kier molecular flexibility index (Phi) is 5.04. The van der Waals surface area contributed by atoms with Crippen LogP contribution in [0.15, 0.2) is 24.3 Å². The molecule has 21 heavy (non-hydrogen) atoms. The van der Waals surface area contributed by atoms with Crippen LogP contribution in [0.1, 0.15) is 33.3 Å². The maximum absolute atomic E-state index is 12.6. The van der Waals surface area contributed by atoms with E-state index in [1.54, 1.807) is 17.0 Å². The summed E-state index contributed by atoms with van der Waals surface area (Å²) in [5.41, 5.74) is 7.21. The minimum absolute atomic E-state index is 0.101. The van der Waals surface area contributed by atoms with Crippen molar-refractivity contribution in [1.29, 1.82) is 0 Å². The van der Waals surface area contributed by atoms with E-state index in [1.165, 1.54) is 13.8 Å². The minimum Gasteiger partial charge on any atom is -0.399 e. The van der Waals surface area contributed by atoms with Crippen LogP contribution in [0.2, 0.25) is 0 Å². The fourth-order valence-electron chi connectivity index (χ4n) is 1.81. The smallest absolute Gasteiger partial charge is 0.243 e. The number of nitrogens with zero attached hydrogens (tertiary/aromatic N) is 1. The normalized spacial score (nSPS) is 12.5. The summed E-state index contributed by atoms with van der Waals surface area (Å²) in [7, 11) is -3.49. The molecule has 0 radical (unpaired) electrons.